The molecule has 3 heteroatoms. The van der Waals surface area contributed by atoms with Crippen LogP contribution in [0.2, 0.25) is 0 Å². The van der Waals surface area contributed by atoms with Gasteiger partial charge in [0.1, 0.15) is 5.50 Å². The van der Waals surface area contributed by atoms with Crippen molar-refractivity contribution in [2.45, 2.75) is 12.4 Å². The van der Waals surface area contributed by atoms with Crippen LogP contribution in [-0.2, 0) is 0 Å². The Morgan fingerprint density at radius 1 is 1.50 bits per heavy atom. The first kappa shape index (κ1) is 9.56. The van der Waals surface area contributed by atoms with Gasteiger partial charge in [0.15, 0.2) is 0 Å². The third-order valence-electron chi connectivity index (χ3n) is 2.34. The number of alkyl halides is 1. The number of hydrogen-bond donors (Lipinski definition) is 2. The molecule has 0 amide bonds. The van der Waals surface area contributed by atoms with Gasteiger partial charge in [-0.1, -0.05) is 23.2 Å². The van der Waals surface area contributed by atoms with Gasteiger partial charge in [0.05, 0.1) is 6.61 Å². The lowest BCUT2D eigenvalue weighted by atomic mass is 10.0. The molecule has 0 spiro atoms. The first-order chi connectivity index (χ1) is 6.70. The summed E-state index contributed by atoms with van der Waals surface area (Å²) in [7, 11) is 0. The zero-order chi connectivity index (χ0) is 10.1. The van der Waals surface area contributed by atoms with Crippen molar-refractivity contribution >= 4 is 23.4 Å². The third kappa shape index (κ3) is 1.63. The molecule has 0 saturated heterocycles. The number of anilines is 1. The summed E-state index contributed by atoms with van der Waals surface area (Å²) >= 11 is 6.01. The van der Waals surface area contributed by atoms with E-state index >= 15 is 0 Å². The summed E-state index contributed by atoms with van der Waals surface area (Å²) in [5.41, 5.74) is 3.82. The van der Waals surface area contributed by atoms with Crippen molar-refractivity contribution in [3.63, 3.8) is 0 Å². The second kappa shape index (κ2) is 3.64. The number of fused-ring (bicyclic) bond motifs is 1. The molecule has 2 nitrogen and oxygen atoms in total. The van der Waals surface area contributed by atoms with Crippen LogP contribution in [0.4, 0.5) is 5.69 Å². The highest BCUT2D eigenvalue weighted by molar-refractivity contribution is 6.24. The molecule has 1 aliphatic heterocycles. The van der Waals surface area contributed by atoms with Crippen LogP contribution in [0.1, 0.15) is 11.1 Å². The molecule has 2 rings (SSSR count). The minimum absolute atomic E-state index is 0.00541. The van der Waals surface area contributed by atoms with Crippen molar-refractivity contribution in [2.24, 2.45) is 0 Å². The summed E-state index contributed by atoms with van der Waals surface area (Å²) in [6.45, 7) is 2.04. The predicted octanol–water partition coefficient (Wildman–Crippen LogP) is 2.36. The number of rotatable bonds is 1. The zero-order valence-corrected chi connectivity index (χ0v) is 8.67. The van der Waals surface area contributed by atoms with Gasteiger partial charge in [0.25, 0.3) is 0 Å². The Labute approximate surface area is 88.2 Å². The highest BCUT2D eigenvalue weighted by atomic mass is 35.5. The zero-order valence-electron chi connectivity index (χ0n) is 7.92. The quantitative estimate of drug-likeness (QED) is 0.550. The smallest absolute Gasteiger partial charge is 0.126 e. The van der Waals surface area contributed by atoms with E-state index in [2.05, 4.69) is 11.4 Å². The van der Waals surface area contributed by atoms with Gasteiger partial charge in [-0.05, 0) is 36.3 Å². The first-order valence-corrected chi connectivity index (χ1v) is 4.97. The number of hydrogen-bond acceptors (Lipinski definition) is 2. The fourth-order valence-electron chi connectivity index (χ4n) is 1.56. The highest BCUT2D eigenvalue weighted by Crippen LogP contribution is 2.28. The van der Waals surface area contributed by atoms with E-state index in [1.165, 1.54) is 5.56 Å². The largest absolute Gasteiger partial charge is 0.392 e. The second-order valence-corrected chi connectivity index (χ2v) is 3.91. The summed E-state index contributed by atoms with van der Waals surface area (Å²) in [6.07, 6.45) is 1.94. The monoisotopic (exact) mass is 209 g/mol. The molecule has 0 fully saturated rings. The van der Waals surface area contributed by atoms with E-state index in [4.69, 9.17) is 16.7 Å². The number of benzene rings is 1. The van der Waals surface area contributed by atoms with Crippen molar-refractivity contribution in [3.05, 3.63) is 34.9 Å². The Bertz CT molecular complexity index is 387. The van der Waals surface area contributed by atoms with Crippen LogP contribution in [0.5, 0.6) is 0 Å². The highest BCUT2D eigenvalue weighted by Gasteiger charge is 2.17. The molecule has 1 atom stereocenters. The first-order valence-electron chi connectivity index (χ1n) is 4.53. The molecule has 0 bridgehead atoms. The molecule has 0 radical (unpaired) electrons. The standard InChI is InChI=1S/C11H12ClNO/c1-7-2-3-10-8(4-7)5-9(6-14)11(12)13-10/h2-5,11,13-14H,6H2,1H3/t11-/m0/s1. The van der Waals surface area contributed by atoms with Crippen molar-refractivity contribution in [2.75, 3.05) is 11.9 Å². The van der Waals surface area contributed by atoms with Crippen molar-refractivity contribution in [1.29, 1.82) is 0 Å². The van der Waals surface area contributed by atoms with Gasteiger partial charge >= 0.3 is 0 Å². The van der Waals surface area contributed by atoms with Crippen LogP contribution in [0.25, 0.3) is 6.08 Å². The molecule has 0 unspecified atom stereocenters. The molecule has 1 aliphatic rings. The molecule has 1 aromatic rings. The van der Waals surface area contributed by atoms with Crippen LogP contribution in [0.3, 0.4) is 0 Å². The maximum Gasteiger partial charge on any atom is 0.126 e. The minimum Gasteiger partial charge on any atom is -0.392 e. The Hall–Kier alpha value is -0.990. The van der Waals surface area contributed by atoms with E-state index in [9.17, 15) is 0 Å². The Kier molecular flexibility index (Phi) is 2.48. The van der Waals surface area contributed by atoms with Crippen molar-refractivity contribution in [3.8, 4) is 0 Å². The maximum atomic E-state index is 9.06. The predicted molar refractivity (Wildman–Crippen MR) is 59.5 cm³/mol. The molecule has 0 aromatic heterocycles. The van der Waals surface area contributed by atoms with Crippen molar-refractivity contribution in [1.82, 2.24) is 0 Å². The lowest BCUT2D eigenvalue weighted by molar-refractivity contribution is 0.329. The molecule has 1 heterocycles. The average molecular weight is 210 g/mol. The van der Waals surface area contributed by atoms with Gasteiger partial charge in [0, 0.05) is 5.69 Å². The van der Waals surface area contributed by atoms with Crippen molar-refractivity contribution < 1.29 is 5.11 Å². The molecule has 0 aliphatic carbocycles. The van der Waals surface area contributed by atoms with Crippen LogP contribution < -0.4 is 5.32 Å². The SMILES string of the molecule is Cc1ccc2c(c1)C=C(CO)[C@@H](Cl)N2. The molecule has 0 saturated carbocycles. The molecular weight excluding hydrogens is 198 g/mol. The van der Waals surface area contributed by atoms with E-state index in [1.807, 2.05) is 25.1 Å². The van der Waals surface area contributed by atoms with Crippen LogP contribution >= 0.6 is 11.6 Å². The molecule has 1 aromatic carbocycles. The molecular formula is C11H12ClNO. The Balaban J connectivity index is 2.46. The summed E-state index contributed by atoms with van der Waals surface area (Å²) in [5.74, 6) is 0. The molecule has 2 N–H and O–H groups in total. The minimum atomic E-state index is -0.296. The molecule has 74 valence electrons. The van der Waals surface area contributed by atoms with Gasteiger partial charge in [-0.15, -0.1) is 0 Å². The summed E-state index contributed by atoms with van der Waals surface area (Å²) in [6, 6.07) is 6.11. The Morgan fingerprint density at radius 2 is 2.29 bits per heavy atom. The number of nitrogens with one attached hydrogen (secondary N) is 1. The maximum absolute atomic E-state index is 9.06. The second-order valence-electron chi connectivity index (χ2n) is 3.47. The van der Waals surface area contributed by atoms with E-state index < -0.39 is 0 Å². The number of aliphatic hydroxyl groups is 1. The van der Waals surface area contributed by atoms with Gasteiger partial charge in [-0.3, -0.25) is 0 Å². The lowest BCUT2D eigenvalue weighted by Crippen LogP contribution is -2.21. The van der Waals surface area contributed by atoms with Gasteiger partial charge in [0.2, 0.25) is 0 Å². The number of halogens is 1. The average Bonchev–Trinajstić information content (AvgIpc) is 2.17. The van der Waals surface area contributed by atoms with Gasteiger partial charge < -0.3 is 10.4 Å². The van der Waals surface area contributed by atoms with E-state index in [0.717, 1.165) is 16.8 Å². The fourth-order valence-corrected chi connectivity index (χ4v) is 1.81. The van der Waals surface area contributed by atoms with E-state index in [1.54, 1.807) is 0 Å². The topological polar surface area (TPSA) is 32.3 Å². The van der Waals surface area contributed by atoms with Gasteiger partial charge in [-0.25, -0.2) is 0 Å². The van der Waals surface area contributed by atoms with Crippen LogP contribution in [0, 0.1) is 6.92 Å². The fraction of sp³-hybridized carbons (Fsp3) is 0.273. The van der Waals surface area contributed by atoms with Crippen LogP contribution in [-0.4, -0.2) is 17.2 Å². The van der Waals surface area contributed by atoms with Crippen LogP contribution in [0.15, 0.2) is 23.8 Å². The third-order valence-corrected chi connectivity index (χ3v) is 2.73. The number of aliphatic hydroxyl groups excluding tert-OH is 1. The van der Waals surface area contributed by atoms with Gasteiger partial charge in [-0.2, -0.15) is 0 Å². The number of aryl methyl sites for hydroxylation is 1. The van der Waals surface area contributed by atoms with E-state index in [-0.39, 0.29) is 12.1 Å². The van der Waals surface area contributed by atoms with E-state index in [0.29, 0.717) is 0 Å². The Morgan fingerprint density at radius 3 is 3.00 bits per heavy atom. The lowest BCUT2D eigenvalue weighted by Gasteiger charge is -2.22. The summed E-state index contributed by atoms with van der Waals surface area (Å²) in [5, 5.41) is 12.2. The normalized spacial score (nSPS) is 19.6. The summed E-state index contributed by atoms with van der Waals surface area (Å²) < 4.78 is 0. The molecule has 14 heavy (non-hydrogen) atoms. The summed E-state index contributed by atoms with van der Waals surface area (Å²) in [4.78, 5) is 0.